The number of halogens is 4. The first-order chi connectivity index (χ1) is 8.28. The molecule has 1 rings (SSSR count). The molecule has 0 bridgehead atoms. The molecule has 0 spiro atoms. The first-order valence-electron chi connectivity index (χ1n) is 4.41. The van der Waals surface area contributed by atoms with Crippen molar-refractivity contribution in [2.24, 2.45) is 0 Å². The minimum atomic E-state index is -4.95. The molecular formula is C9H7BrF3NO4. The van der Waals surface area contributed by atoms with E-state index in [0.717, 1.165) is 7.11 Å². The summed E-state index contributed by atoms with van der Waals surface area (Å²) in [5.74, 6) is -2.48. The van der Waals surface area contributed by atoms with Crippen LogP contribution in [0.2, 0.25) is 0 Å². The second kappa shape index (κ2) is 5.42. The third-order valence-electron chi connectivity index (χ3n) is 1.78. The normalized spacial score (nSPS) is 11.2. The Kier molecular flexibility index (Phi) is 4.38. The monoisotopic (exact) mass is 329 g/mol. The minimum absolute atomic E-state index is 0.00310. The zero-order valence-corrected chi connectivity index (χ0v) is 10.5. The Labute approximate surface area is 108 Å². The first-order valence-corrected chi connectivity index (χ1v) is 5.53. The molecule has 0 aromatic carbocycles. The van der Waals surface area contributed by atoms with Crippen molar-refractivity contribution in [3.05, 3.63) is 17.5 Å². The maximum absolute atomic E-state index is 12.2. The van der Waals surface area contributed by atoms with Crippen LogP contribution in [0, 0.1) is 0 Å². The van der Waals surface area contributed by atoms with Gasteiger partial charge in [0, 0.05) is 11.4 Å². The van der Waals surface area contributed by atoms with Crippen LogP contribution in [0.15, 0.2) is 6.07 Å². The van der Waals surface area contributed by atoms with Gasteiger partial charge in [-0.05, 0) is 0 Å². The zero-order chi connectivity index (χ0) is 13.9. The van der Waals surface area contributed by atoms with Gasteiger partial charge < -0.3 is 14.6 Å². The number of ether oxygens (including phenoxy) is 2. The molecule has 0 fully saturated rings. The van der Waals surface area contributed by atoms with Gasteiger partial charge in [-0.25, -0.2) is 9.78 Å². The first kappa shape index (κ1) is 14.6. The van der Waals surface area contributed by atoms with Crippen molar-refractivity contribution in [3.63, 3.8) is 0 Å². The Bertz CT molecular complexity index is 464. The van der Waals surface area contributed by atoms with Crippen LogP contribution in [0.25, 0.3) is 0 Å². The molecule has 100 valence electrons. The molecule has 0 saturated heterocycles. The summed E-state index contributed by atoms with van der Waals surface area (Å²) in [6.07, 6.45) is -4.95. The molecular weight excluding hydrogens is 323 g/mol. The number of nitrogens with zero attached hydrogens (tertiary/aromatic N) is 1. The van der Waals surface area contributed by atoms with Crippen molar-refractivity contribution in [2.75, 3.05) is 7.11 Å². The van der Waals surface area contributed by atoms with Gasteiger partial charge in [-0.2, -0.15) is 0 Å². The highest BCUT2D eigenvalue weighted by Gasteiger charge is 2.33. The summed E-state index contributed by atoms with van der Waals surface area (Å²) in [4.78, 5) is 14.4. The van der Waals surface area contributed by atoms with Gasteiger partial charge in [0.1, 0.15) is 0 Å². The minimum Gasteiger partial charge on any atom is -0.491 e. The maximum Gasteiger partial charge on any atom is 0.573 e. The SMILES string of the molecule is COc1c(OC(F)(F)F)cc(C(=O)O)nc1CBr. The molecule has 0 saturated carbocycles. The Hall–Kier alpha value is -1.51. The highest BCUT2D eigenvalue weighted by molar-refractivity contribution is 9.08. The van der Waals surface area contributed by atoms with Gasteiger partial charge in [-0.15, -0.1) is 13.2 Å². The van der Waals surface area contributed by atoms with Crippen LogP contribution in [0.3, 0.4) is 0 Å². The van der Waals surface area contributed by atoms with E-state index in [9.17, 15) is 18.0 Å². The number of rotatable bonds is 4. The van der Waals surface area contributed by atoms with Crippen molar-refractivity contribution in [1.82, 2.24) is 4.98 Å². The second-order valence-electron chi connectivity index (χ2n) is 2.97. The van der Waals surface area contributed by atoms with Gasteiger partial charge in [-0.1, -0.05) is 15.9 Å². The molecule has 1 heterocycles. The number of hydrogen-bond acceptors (Lipinski definition) is 4. The molecule has 5 nitrogen and oxygen atoms in total. The third-order valence-corrected chi connectivity index (χ3v) is 2.32. The van der Waals surface area contributed by atoms with Crippen LogP contribution in [0.5, 0.6) is 11.5 Å². The largest absolute Gasteiger partial charge is 0.573 e. The van der Waals surface area contributed by atoms with Crippen molar-refractivity contribution < 1.29 is 32.5 Å². The number of aromatic nitrogens is 1. The van der Waals surface area contributed by atoms with Crippen LogP contribution in [0.1, 0.15) is 16.2 Å². The number of aromatic carboxylic acids is 1. The summed E-state index contributed by atoms with van der Waals surface area (Å²) in [5.41, 5.74) is -0.568. The highest BCUT2D eigenvalue weighted by atomic mass is 79.9. The van der Waals surface area contributed by atoms with E-state index >= 15 is 0 Å². The molecule has 0 atom stereocenters. The fourth-order valence-electron chi connectivity index (χ4n) is 1.18. The molecule has 18 heavy (non-hydrogen) atoms. The quantitative estimate of drug-likeness (QED) is 0.860. The van der Waals surface area contributed by atoms with Gasteiger partial charge in [0.05, 0.1) is 12.8 Å². The summed E-state index contributed by atoms with van der Waals surface area (Å²) >= 11 is 2.97. The van der Waals surface area contributed by atoms with E-state index < -0.39 is 23.8 Å². The number of carboxylic acid groups (broad SMARTS) is 1. The summed E-state index contributed by atoms with van der Waals surface area (Å²) in [7, 11) is 1.13. The van der Waals surface area contributed by atoms with Crippen molar-refractivity contribution in [2.45, 2.75) is 11.7 Å². The van der Waals surface area contributed by atoms with E-state index in [1.807, 2.05) is 0 Å². The number of carboxylic acids is 1. The van der Waals surface area contributed by atoms with Crippen LogP contribution >= 0.6 is 15.9 Å². The zero-order valence-electron chi connectivity index (χ0n) is 8.92. The predicted octanol–water partition coefficient (Wildman–Crippen LogP) is 2.58. The van der Waals surface area contributed by atoms with E-state index in [1.165, 1.54) is 0 Å². The van der Waals surface area contributed by atoms with Crippen molar-refractivity contribution in [3.8, 4) is 11.5 Å². The van der Waals surface area contributed by atoms with Gasteiger partial charge in [0.25, 0.3) is 0 Å². The van der Waals surface area contributed by atoms with Crippen LogP contribution in [0.4, 0.5) is 13.2 Å². The lowest BCUT2D eigenvalue weighted by molar-refractivity contribution is -0.275. The molecule has 0 unspecified atom stereocenters. The molecule has 9 heteroatoms. The fourth-order valence-corrected chi connectivity index (χ4v) is 1.56. The molecule has 1 aromatic rings. The number of carbonyl (C=O) groups is 1. The smallest absolute Gasteiger partial charge is 0.491 e. The Balaban J connectivity index is 3.35. The van der Waals surface area contributed by atoms with Crippen molar-refractivity contribution in [1.29, 1.82) is 0 Å². The lowest BCUT2D eigenvalue weighted by Crippen LogP contribution is -2.19. The van der Waals surface area contributed by atoms with Crippen molar-refractivity contribution >= 4 is 21.9 Å². The molecule has 0 aliphatic rings. The maximum atomic E-state index is 12.2. The van der Waals surface area contributed by atoms with Crippen LogP contribution in [-0.2, 0) is 5.33 Å². The van der Waals surface area contributed by atoms with E-state index in [0.29, 0.717) is 6.07 Å². The van der Waals surface area contributed by atoms with E-state index in [1.54, 1.807) is 0 Å². The van der Waals surface area contributed by atoms with E-state index in [4.69, 9.17) is 9.84 Å². The lowest BCUT2D eigenvalue weighted by atomic mass is 10.2. The van der Waals surface area contributed by atoms with Gasteiger partial charge in [0.15, 0.2) is 17.2 Å². The summed E-state index contributed by atoms with van der Waals surface area (Å²) in [6.45, 7) is 0. The molecule has 0 amide bonds. The fraction of sp³-hybridized carbons (Fsp3) is 0.333. The summed E-state index contributed by atoms with van der Waals surface area (Å²) < 4.78 is 45.0. The second-order valence-corrected chi connectivity index (χ2v) is 3.53. The van der Waals surface area contributed by atoms with Crippen LogP contribution in [-0.4, -0.2) is 29.5 Å². The number of alkyl halides is 4. The van der Waals surface area contributed by atoms with Gasteiger partial charge in [0.2, 0.25) is 0 Å². The Morgan fingerprint density at radius 2 is 2.17 bits per heavy atom. The molecule has 0 radical (unpaired) electrons. The lowest BCUT2D eigenvalue weighted by Gasteiger charge is -2.14. The Morgan fingerprint density at radius 3 is 2.56 bits per heavy atom. The number of hydrogen-bond donors (Lipinski definition) is 1. The third kappa shape index (κ3) is 3.49. The predicted molar refractivity (Wildman–Crippen MR) is 57.1 cm³/mol. The van der Waals surface area contributed by atoms with Gasteiger partial charge in [-0.3, -0.25) is 0 Å². The summed E-state index contributed by atoms with van der Waals surface area (Å²) in [5, 5.41) is 8.76. The molecule has 1 N–H and O–H groups in total. The summed E-state index contributed by atoms with van der Waals surface area (Å²) in [6, 6.07) is 0.654. The molecule has 1 aromatic heterocycles. The average molecular weight is 330 g/mol. The topological polar surface area (TPSA) is 68.7 Å². The molecule has 0 aliphatic carbocycles. The number of pyridine rings is 1. The standard InChI is InChI=1S/C9H7BrF3NO4/c1-17-7-5(3-10)14-4(8(15)16)2-6(7)18-9(11,12)13/h2H,3H2,1H3,(H,15,16). The highest BCUT2D eigenvalue weighted by Crippen LogP contribution is 2.35. The molecule has 0 aliphatic heterocycles. The van der Waals surface area contributed by atoms with E-state index in [2.05, 4.69) is 25.7 Å². The van der Waals surface area contributed by atoms with E-state index in [-0.39, 0.29) is 16.8 Å². The van der Waals surface area contributed by atoms with Crippen LogP contribution < -0.4 is 9.47 Å². The van der Waals surface area contributed by atoms with Gasteiger partial charge >= 0.3 is 12.3 Å². The Morgan fingerprint density at radius 1 is 1.56 bits per heavy atom. The average Bonchev–Trinajstić information content (AvgIpc) is 2.25. The number of methoxy groups -OCH3 is 1.